The van der Waals surface area contributed by atoms with Crippen molar-refractivity contribution in [1.82, 2.24) is 0 Å². The van der Waals surface area contributed by atoms with Gasteiger partial charge in [-0.3, -0.25) is 10.1 Å². The van der Waals surface area contributed by atoms with Crippen LogP contribution in [0.5, 0.6) is 0 Å². The Kier molecular flexibility index (Phi) is 7.82. The number of anilines is 2. The number of nitrogens with zero attached hydrogens (tertiary/aromatic N) is 1. The average molecular weight is 488 g/mol. The van der Waals surface area contributed by atoms with Gasteiger partial charge in [-0.05, 0) is 99.4 Å². The highest BCUT2D eigenvalue weighted by molar-refractivity contribution is 5.93. The number of nitrogen functional groups attached to an aromatic ring is 2. The third-order valence-electron chi connectivity index (χ3n) is 7.14. The van der Waals surface area contributed by atoms with E-state index >= 15 is 0 Å². The fourth-order valence-corrected chi connectivity index (χ4v) is 5.11. The molecule has 0 heterocycles. The molecule has 0 spiro atoms. The summed E-state index contributed by atoms with van der Waals surface area (Å²) in [6.07, 6.45) is 0. The van der Waals surface area contributed by atoms with Crippen LogP contribution in [0.4, 0.5) is 17.1 Å². The average Bonchev–Trinajstić information content (AvgIpc) is 2.78. The first-order chi connectivity index (χ1) is 16.8. The molecule has 0 saturated heterocycles. The van der Waals surface area contributed by atoms with Crippen molar-refractivity contribution in [2.45, 2.75) is 86.0 Å². The van der Waals surface area contributed by atoms with E-state index in [-0.39, 0.29) is 34.3 Å². The van der Waals surface area contributed by atoms with Gasteiger partial charge in [0.25, 0.3) is 5.69 Å². The summed E-state index contributed by atoms with van der Waals surface area (Å²) >= 11 is 0. The fraction of sp³-hybridized carbons (Fsp3) is 0.419. The van der Waals surface area contributed by atoms with E-state index < -0.39 is 0 Å². The smallest absolute Gasteiger partial charge is 0.277 e. The molecular formula is C31H41N3O2. The Morgan fingerprint density at radius 3 is 1.28 bits per heavy atom. The van der Waals surface area contributed by atoms with Gasteiger partial charge in [0.15, 0.2) is 0 Å². The highest BCUT2D eigenvalue weighted by Crippen LogP contribution is 2.46. The van der Waals surface area contributed by atoms with Gasteiger partial charge in [0.1, 0.15) is 0 Å². The highest BCUT2D eigenvalue weighted by Gasteiger charge is 2.26. The number of nitro benzene ring substituents is 1. The first-order valence-electron chi connectivity index (χ1n) is 12.9. The molecule has 0 atom stereocenters. The predicted octanol–water partition coefficient (Wildman–Crippen LogP) is 8.90. The molecule has 0 radical (unpaired) electrons. The van der Waals surface area contributed by atoms with Crippen molar-refractivity contribution in [3.8, 4) is 22.3 Å². The van der Waals surface area contributed by atoms with Crippen LogP contribution in [0.15, 0.2) is 36.4 Å². The molecule has 5 heteroatoms. The highest BCUT2D eigenvalue weighted by atomic mass is 16.6. The number of nitrogens with two attached hydrogens (primary N) is 2. The third kappa shape index (κ3) is 4.97. The second-order valence-electron chi connectivity index (χ2n) is 11.2. The minimum atomic E-state index is -0.275. The van der Waals surface area contributed by atoms with Crippen LogP contribution < -0.4 is 11.5 Å². The molecular weight excluding hydrogens is 446 g/mol. The van der Waals surface area contributed by atoms with Crippen molar-refractivity contribution in [3.05, 3.63) is 74.3 Å². The summed E-state index contributed by atoms with van der Waals surface area (Å²) < 4.78 is 0. The first kappa shape index (κ1) is 27.3. The van der Waals surface area contributed by atoms with Gasteiger partial charge in [0.2, 0.25) is 0 Å². The van der Waals surface area contributed by atoms with Crippen molar-refractivity contribution in [1.29, 1.82) is 0 Å². The molecule has 0 aliphatic rings. The van der Waals surface area contributed by atoms with Crippen LogP contribution in [0.1, 0.15) is 107 Å². The van der Waals surface area contributed by atoms with Crippen molar-refractivity contribution in [2.24, 2.45) is 0 Å². The molecule has 4 N–H and O–H groups in total. The topological polar surface area (TPSA) is 95.2 Å². The van der Waals surface area contributed by atoms with Crippen molar-refractivity contribution in [3.63, 3.8) is 0 Å². The summed E-state index contributed by atoms with van der Waals surface area (Å²) in [6, 6.07) is 11.8. The van der Waals surface area contributed by atoms with Gasteiger partial charge in [-0.2, -0.15) is 0 Å². The molecule has 3 aromatic rings. The lowest BCUT2D eigenvalue weighted by Gasteiger charge is -2.23. The van der Waals surface area contributed by atoms with Gasteiger partial charge < -0.3 is 11.5 Å². The van der Waals surface area contributed by atoms with Gasteiger partial charge in [-0.15, -0.1) is 0 Å². The maximum absolute atomic E-state index is 12.4. The van der Waals surface area contributed by atoms with E-state index in [0.29, 0.717) is 5.56 Å². The number of hydrogen-bond donors (Lipinski definition) is 2. The van der Waals surface area contributed by atoms with Crippen molar-refractivity contribution < 1.29 is 4.92 Å². The van der Waals surface area contributed by atoms with Gasteiger partial charge in [0.05, 0.1) is 10.5 Å². The molecule has 0 saturated carbocycles. The zero-order valence-corrected chi connectivity index (χ0v) is 23.2. The summed E-state index contributed by atoms with van der Waals surface area (Å²) in [6.45, 7) is 19.0. The zero-order valence-electron chi connectivity index (χ0n) is 23.2. The molecule has 0 aliphatic heterocycles. The Bertz CT molecular complexity index is 1250. The first-order valence-corrected chi connectivity index (χ1v) is 12.9. The summed E-state index contributed by atoms with van der Waals surface area (Å²) in [5, 5.41) is 12.4. The lowest BCUT2D eigenvalue weighted by Crippen LogP contribution is -2.06. The largest absolute Gasteiger partial charge is 0.398 e. The van der Waals surface area contributed by atoms with Crippen LogP contribution in [0, 0.1) is 17.0 Å². The summed E-state index contributed by atoms with van der Waals surface area (Å²) in [7, 11) is 0. The maximum Gasteiger partial charge on any atom is 0.277 e. The van der Waals surface area contributed by atoms with Crippen LogP contribution in [0.25, 0.3) is 22.3 Å². The van der Waals surface area contributed by atoms with Gasteiger partial charge in [0, 0.05) is 17.4 Å². The number of rotatable bonds is 7. The summed E-state index contributed by atoms with van der Waals surface area (Å²) in [5.74, 6) is 0.820. The molecule has 0 bridgehead atoms. The van der Waals surface area contributed by atoms with Gasteiger partial charge in [-0.25, -0.2) is 0 Å². The monoisotopic (exact) mass is 487 g/mol. The second-order valence-corrected chi connectivity index (χ2v) is 11.2. The molecule has 5 nitrogen and oxygen atoms in total. The van der Waals surface area contributed by atoms with E-state index in [0.717, 1.165) is 55.9 Å². The minimum Gasteiger partial charge on any atom is -0.398 e. The lowest BCUT2D eigenvalue weighted by atomic mass is 9.82. The molecule has 0 aromatic heterocycles. The lowest BCUT2D eigenvalue weighted by molar-refractivity contribution is -0.384. The molecule has 0 aliphatic carbocycles. The Morgan fingerprint density at radius 1 is 0.639 bits per heavy atom. The molecule has 0 fully saturated rings. The van der Waals surface area contributed by atoms with Gasteiger partial charge >= 0.3 is 0 Å². The van der Waals surface area contributed by atoms with Gasteiger partial charge in [-0.1, -0.05) is 61.5 Å². The molecule has 3 aromatic carbocycles. The normalized spacial score (nSPS) is 11.8. The molecule has 0 unspecified atom stereocenters. The van der Waals surface area contributed by atoms with E-state index in [4.69, 9.17) is 11.5 Å². The Morgan fingerprint density at radius 2 is 0.972 bits per heavy atom. The van der Waals surface area contributed by atoms with Crippen LogP contribution in [0.3, 0.4) is 0 Å². The predicted molar refractivity (Wildman–Crippen MR) is 154 cm³/mol. The standard InChI is InChI=1S/C31H41N3O2/c1-16(2)23-12-21(13-24(17(3)4)30(23)32)28-20(9)10-11-27(34(35)36)29(28)22-14-25(18(5)6)31(33)26(15-22)19(7)8/h10-19H,32-33H2,1-9H3. The van der Waals surface area contributed by atoms with Crippen LogP contribution in [-0.4, -0.2) is 4.92 Å². The van der Waals surface area contributed by atoms with Crippen molar-refractivity contribution in [2.75, 3.05) is 11.5 Å². The molecule has 36 heavy (non-hydrogen) atoms. The number of aryl methyl sites for hydroxylation is 1. The van der Waals surface area contributed by atoms with E-state index in [2.05, 4.69) is 67.5 Å². The summed E-state index contributed by atoms with van der Waals surface area (Å²) in [4.78, 5) is 12.1. The fourth-order valence-electron chi connectivity index (χ4n) is 5.11. The second kappa shape index (κ2) is 10.3. The number of nitro groups is 1. The quantitative estimate of drug-likeness (QED) is 0.197. The number of benzene rings is 3. The number of hydrogen-bond acceptors (Lipinski definition) is 4. The maximum atomic E-state index is 12.4. The SMILES string of the molecule is Cc1ccc([N+](=O)[O-])c(-c2cc(C(C)C)c(N)c(C(C)C)c2)c1-c1cc(C(C)C)c(N)c(C(C)C)c1. The third-order valence-corrected chi connectivity index (χ3v) is 7.14. The van der Waals surface area contributed by atoms with Crippen molar-refractivity contribution >= 4 is 17.1 Å². The van der Waals surface area contributed by atoms with E-state index in [1.807, 2.05) is 25.1 Å². The van der Waals surface area contributed by atoms with Crippen LogP contribution in [-0.2, 0) is 0 Å². The zero-order chi connectivity index (χ0) is 27.1. The Labute approximate surface area is 216 Å². The minimum absolute atomic E-state index is 0.0961. The van der Waals surface area contributed by atoms with E-state index in [9.17, 15) is 10.1 Å². The van der Waals surface area contributed by atoms with E-state index in [1.165, 1.54) is 0 Å². The molecule has 0 amide bonds. The van der Waals surface area contributed by atoms with Crippen LogP contribution >= 0.6 is 0 Å². The van der Waals surface area contributed by atoms with Crippen LogP contribution in [0.2, 0.25) is 0 Å². The summed E-state index contributed by atoms with van der Waals surface area (Å²) in [5.41, 5.74) is 23.3. The Balaban J connectivity index is 2.53. The molecule has 192 valence electrons. The molecule has 3 rings (SSSR count). The Hall–Kier alpha value is -3.34. The van der Waals surface area contributed by atoms with E-state index in [1.54, 1.807) is 6.07 Å².